The van der Waals surface area contributed by atoms with Crippen LogP contribution in [0.15, 0.2) is 36.0 Å². The molecule has 0 bridgehead atoms. The normalized spacial score (nSPS) is 10.9. The van der Waals surface area contributed by atoms with E-state index in [1.54, 1.807) is 26.0 Å². The molecule has 1 aromatic carbocycles. The molecule has 0 aromatic heterocycles. The fourth-order valence-corrected chi connectivity index (χ4v) is 1.56. The Balaban J connectivity index is 2.69. The van der Waals surface area contributed by atoms with E-state index in [-0.39, 0.29) is 5.91 Å². The van der Waals surface area contributed by atoms with Crippen molar-refractivity contribution < 1.29 is 14.3 Å². The zero-order valence-electron chi connectivity index (χ0n) is 12.3. The van der Waals surface area contributed by atoms with Gasteiger partial charge in [0.05, 0.1) is 6.61 Å². The predicted octanol–water partition coefficient (Wildman–Crippen LogP) is 1.95. The lowest BCUT2D eigenvalue weighted by Crippen LogP contribution is -2.22. The molecule has 0 atom stereocenters. The van der Waals surface area contributed by atoms with Crippen LogP contribution in [-0.2, 0) is 9.53 Å². The second-order valence-electron chi connectivity index (χ2n) is 4.47. The van der Waals surface area contributed by atoms with Gasteiger partial charge in [0.15, 0.2) is 0 Å². The first-order valence-corrected chi connectivity index (χ1v) is 6.37. The molecule has 0 unspecified atom stereocenters. The summed E-state index contributed by atoms with van der Waals surface area (Å²) in [5.74, 6) is -0.721. The maximum Gasteiger partial charge on any atom is 0.332 e. The number of benzene rings is 1. The summed E-state index contributed by atoms with van der Waals surface area (Å²) in [5.41, 5.74) is 2.00. The van der Waals surface area contributed by atoms with Crippen molar-refractivity contribution >= 4 is 17.6 Å². The maximum absolute atomic E-state index is 12.0. The molecule has 0 aliphatic heterocycles. The molecule has 108 valence electrons. The van der Waals surface area contributed by atoms with Gasteiger partial charge in [0.25, 0.3) is 5.91 Å². The van der Waals surface area contributed by atoms with Gasteiger partial charge >= 0.3 is 5.97 Å². The number of carbonyl (C=O) groups is 2. The Morgan fingerprint density at radius 1 is 1.25 bits per heavy atom. The summed E-state index contributed by atoms with van der Waals surface area (Å²) in [6, 6.07) is 7.20. The summed E-state index contributed by atoms with van der Waals surface area (Å²) in [7, 11) is 3.86. The smallest absolute Gasteiger partial charge is 0.332 e. The average molecular weight is 276 g/mol. The highest BCUT2D eigenvalue weighted by Crippen LogP contribution is 2.12. The van der Waals surface area contributed by atoms with Crippen LogP contribution in [0.25, 0.3) is 0 Å². The van der Waals surface area contributed by atoms with E-state index in [1.807, 2.05) is 31.1 Å². The highest BCUT2D eigenvalue weighted by Gasteiger charge is 2.07. The van der Waals surface area contributed by atoms with Crippen molar-refractivity contribution in [3.63, 3.8) is 0 Å². The van der Waals surface area contributed by atoms with E-state index in [1.165, 1.54) is 6.08 Å². The molecule has 0 aliphatic rings. The number of esters is 1. The van der Waals surface area contributed by atoms with E-state index in [2.05, 4.69) is 5.32 Å². The molecule has 0 saturated heterocycles. The van der Waals surface area contributed by atoms with Crippen molar-refractivity contribution in [2.75, 3.05) is 25.6 Å². The number of amides is 1. The van der Waals surface area contributed by atoms with E-state index in [4.69, 9.17) is 4.74 Å². The molecular formula is C15H20N2O3. The quantitative estimate of drug-likeness (QED) is 0.659. The number of anilines is 1. The largest absolute Gasteiger partial charge is 0.463 e. The first kappa shape index (κ1) is 15.8. The van der Waals surface area contributed by atoms with E-state index >= 15 is 0 Å². The number of carbonyl (C=O) groups excluding carboxylic acids is 2. The van der Waals surface area contributed by atoms with Gasteiger partial charge in [-0.15, -0.1) is 0 Å². The lowest BCUT2D eigenvalue weighted by Gasteiger charge is -2.12. The first-order chi connectivity index (χ1) is 9.43. The van der Waals surface area contributed by atoms with Crippen LogP contribution in [0.3, 0.4) is 0 Å². The van der Waals surface area contributed by atoms with Crippen LogP contribution < -0.4 is 10.2 Å². The molecule has 5 nitrogen and oxygen atoms in total. The number of hydrogen-bond acceptors (Lipinski definition) is 4. The summed E-state index contributed by atoms with van der Waals surface area (Å²) < 4.78 is 4.77. The topological polar surface area (TPSA) is 58.6 Å². The first-order valence-electron chi connectivity index (χ1n) is 6.37. The van der Waals surface area contributed by atoms with Gasteiger partial charge in [-0.3, -0.25) is 4.79 Å². The van der Waals surface area contributed by atoms with Crippen molar-refractivity contribution in [2.24, 2.45) is 0 Å². The van der Waals surface area contributed by atoms with Crippen LogP contribution in [-0.4, -0.2) is 32.6 Å². The van der Waals surface area contributed by atoms with E-state index in [0.717, 1.165) is 5.69 Å². The Bertz CT molecular complexity index is 504. The summed E-state index contributed by atoms with van der Waals surface area (Å²) in [6.45, 7) is 3.68. The van der Waals surface area contributed by atoms with Crippen molar-refractivity contribution in [2.45, 2.75) is 13.8 Å². The van der Waals surface area contributed by atoms with Crippen molar-refractivity contribution in [1.29, 1.82) is 0 Å². The minimum atomic E-state index is -0.465. The summed E-state index contributed by atoms with van der Waals surface area (Å²) in [5, 5.41) is 2.64. The van der Waals surface area contributed by atoms with Gasteiger partial charge in [0.1, 0.15) is 0 Å². The van der Waals surface area contributed by atoms with Crippen molar-refractivity contribution in [1.82, 2.24) is 5.32 Å². The standard InChI is InChI=1S/C15H20N2O3/c1-5-20-14(18)10-11(2)16-15(19)12-6-8-13(9-7-12)17(3)4/h6-10H,5H2,1-4H3,(H,16,19)/b11-10+. The number of allylic oxidation sites excluding steroid dienone is 1. The molecule has 1 rings (SSSR count). The Kier molecular flexibility index (Phi) is 5.77. The van der Waals surface area contributed by atoms with Crippen molar-refractivity contribution in [3.8, 4) is 0 Å². The van der Waals surface area contributed by atoms with Crippen LogP contribution in [0.4, 0.5) is 5.69 Å². The molecule has 1 amide bonds. The Labute approximate surface area is 119 Å². The lowest BCUT2D eigenvalue weighted by molar-refractivity contribution is -0.137. The molecule has 0 fully saturated rings. The van der Waals surface area contributed by atoms with Crippen LogP contribution >= 0.6 is 0 Å². The monoisotopic (exact) mass is 276 g/mol. The zero-order chi connectivity index (χ0) is 15.1. The average Bonchev–Trinajstić information content (AvgIpc) is 2.38. The van der Waals surface area contributed by atoms with Crippen LogP contribution in [0.1, 0.15) is 24.2 Å². The molecular weight excluding hydrogens is 256 g/mol. The molecule has 1 aromatic rings. The van der Waals surface area contributed by atoms with Crippen molar-refractivity contribution in [3.05, 3.63) is 41.6 Å². The van der Waals surface area contributed by atoms with Gasteiger partial charge in [-0.25, -0.2) is 4.79 Å². The van der Waals surface area contributed by atoms with Gasteiger partial charge < -0.3 is 15.0 Å². The summed E-state index contributed by atoms with van der Waals surface area (Å²) in [6.07, 6.45) is 1.26. The third-order valence-electron chi connectivity index (χ3n) is 2.58. The summed E-state index contributed by atoms with van der Waals surface area (Å²) in [4.78, 5) is 25.1. The van der Waals surface area contributed by atoms with Gasteiger partial charge in [-0.1, -0.05) is 0 Å². The molecule has 5 heteroatoms. The molecule has 0 spiro atoms. The third-order valence-corrected chi connectivity index (χ3v) is 2.58. The second-order valence-corrected chi connectivity index (χ2v) is 4.47. The van der Waals surface area contributed by atoms with Gasteiger partial charge in [-0.05, 0) is 38.1 Å². The third kappa shape index (κ3) is 4.76. The molecule has 0 aliphatic carbocycles. The maximum atomic E-state index is 12.0. The molecule has 1 N–H and O–H groups in total. The number of hydrogen-bond donors (Lipinski definition) is 1. The number of ether oxygens (including phenoxy) is 1. The van der Waals surface area contributed by atoms with Crippen LogP contribution in [0.2, 0.25) is 0 Å². The minimum absolute atomic E-state index is 0.256. The fraction of sp³-hybridized carbons (Fsp3) is 0.333. The molecule has 0 radical (unpaired) electrons. The Hall–Kier alpha value is -2.30. The fourth-order valence-electron chi connectivity index (χ4n) is 1.56. The minimum Gasteiger partial charge on any atom is -0.463 e. The van der Waals surface area contributed by atoms with Gasteiger partial charge in [0, 0.05) is 37.1 Å². The van der Waals surface area contributed by atoms with E-state index in [0.29, 0.717) is 17.9 Å². The van der Waals surface area contributed by atoms with E-state index in [9.17, 15) is 9.59 Å². The Morgan fingerprint density at radius 3 is 2.35 bits per heavy atom. The van der Waals surface area contributed by atoms with E-state index < -0.39 is 5.97 Å². The SMILES string of the molecule is CCOC(=O)/C=C(\C)NC(=O)c1ccc(N(C)C)cc1. The van der Waals surface area contributed by atoms with Crippen LogP contribution in [0, 0.1) is 0 Å². The number of nitrogens with one attached hydrogen (secondary N) is 1. The zero-order valence-corrected chi connectivity index (χ0v) is 12.3. The molecule has 0 heterocycles. The Morgan fingerprint density at radius 2 is 1.85 bits per heavy atom. The predicted molar refractivity (Wildman–Crippen MR) is 78.6 cm³/mol. The van der Waals surface area contributed by atoms with Gasteiger partial charge in [0.2, 0.25) is 0 Å². The summed E-state index contributed by atoms with van der Waals surface area (Å²) >= 11 is 0. The lowest BCUT2D eigenvalue weighted by atomic mass is 10.2. The van der Waals surface area contributed by atoms with Crippen LogP contribution in [0.5, 0.6) is 0 Å². The van der Waals surface area contributed by atoms with Gasteiger partial charge in [-0.2, -0.15) is 0 Å². The highest BCUT2D eigenvalue weighted by atomic mass is 16.5. The molecule has 20 heavy (non-hydrogen) atoms. The highest BCUT2D eigenvalue weighted by molar-refractivity contribution is 5.96. The number of nitrogens with zero attached hydrogens (tertiary/aromatic N) is 1. The number of rotatable bonds is 5. The second kappa shape index (κ2) is 7.33. The molecule has 0 saturated carbocycles.